The van der Waals surface area contributed by atoms with E-state index >= 15 is 0 Å². The minimum atomic E-state index is -0.554. The molecule has 0 radical (unpaired) electrons. The number of nitrogens with two attached hydrogens (primary N) is 1. The number of halogens is 1. The normalized spacial score (nSPS) is 12.8. The predicted molar refractivity (Wildman–Crippen MR) is 103 cm³/mol. The molecule has 1 aliphatic heterocycles. The predicted octanol–water partition coefficient (Wildman–Crippen LogP) is 2.67. The van der Waals surface area contributed by atoms with Crippen LogP contribution in [0, 0.1) is 0 Å². The fourth-order valence-corrected chi connectivity index (χ4v) is 3.26. The summed E-state index contributed by atoms with van der Waals surface area (Å²) in [4.78, 5) is 48.9. The minimum absolute atomic E-state index is 0.0149. The van der Waals surface area contributed by atoms with Crippen LogP contribution in [0.2, 0.25) is 0 Å². The van der Waals surface area contributed by atoms with Gasteiger partial charge in [0.25, 0.3) is 11.8 Å². The summed E-state index contributed by atoms with van der Waals surface area (Å²) >= 11 is 3.28. The SMILES string of the molecule is NC(=O)c1cccc(COC(=O)CCCN2C(=O)c3ccc(Br)cc3C2=O)c1. The summed E-state index contributed by atoms with van der Waals surface area (Å²) in [6.07, 6.45) is 0.361. The number of nitrogens with zero attached hydrogens (tertiary/aromatic N) is 1. The second-order valence-corrected chi connectivity index (χ2v) is 7.20. The van der Waals surface area contributed by atoms with Gasteiger partial charge in [0.05, 0.1) is 11.1 Å². The number of carbonyl (C=O) groups excluding carboxylic acids is 4. The van der Waals surface area contributed by atoms with Crippen molar-refractivity contribution in [1.29, 1.82) is 0 Å². The molecule has 28 heavy (non-hydrogen) atoms. The smallest absolute Gasteiger partial charge is 0.306 e. The van der Waals surface area contributed by atoms with Crippen LogP contribution in [0.4, 0.5) is 0 Å². The van der Waals surface area contributed by atoms with E-state index in [0.717, 1.165) is 9.37 Å². The summed E-state index contributed by atoms with van der Waals surface area (Å²) < 4.78 is 5.89. The number of carbonyl (C=O) groups is 4. The van der Waals surface area contributed by atoms with Gasteiger partial charge in [-0.3, -0.25) is 24.1 Å². The number of primary amides is 1. The Balaban J connectivity index is 1.48. The lowest BCUT2D eigenvalue weighted by Gasteiger charge is -2.13. The molecule has 1 aliphatic rings. The number of rotatable bonds is 7. The highest BCUT2D eigenvalue weighted by atomic mass is 79.9. The lowest BCUT2D eigenvalue weighted by atomic mass is 10.1. The van der Waals surface area contributed by atoms with Crippen LogP contribution in [0.25, 0.3) is 0 Å². The highest BCUT2D eigenvalue weighted by molar-refractivity contribution is 9.10. The van der Waals surface area contributed by atoms with Gasteiger partial charge < -0.3 is 10.5 Å². The molecule has 3 amide bonds. The second-order valence-electron chi connectivity index (χ2n) is 6.28. The molecule has 0 spiro atoms. The molecule has 0 saturated carbocycles. The van der Waals surface area contributed by atoms with Gasteiger partial charge in [-0.05, 0) is 42.3 Å². The Bertz CT molecular complexity index is 973. The summed E-state index contributed by atoms with van der Waals surface area (Å²) in [6, 6.07) is 11.4. The summed E-state index contributed by atoms with van der Waals surface area (Å²) in [5, 5.41) is 0. The van der Waals surface area contributed by atoms with Crippen molar-refractivity contribution in [2.24, 2.45) is 5.73 Å². The van der Waals surface area contributed by atoms with E-state index in [-0.39, 0.29) is 31.4 Å². The molecule has 8 heteroatoms. The van der Waals surface area contributed by atoms with Crippen LogP contribution >= 0.6 is 15.9 Å². The highest BCUT2D eigenvalue weighted by Crippen LogP contribution is 2.26. The van der Waals surface area contributed by atoms with Crippen molar-refractivity contribution in [3.8, 4) is 0 Å². The Morgan fingerprint density at radius 3 is 2.54 bits per heavy atom. The summed E-state index contributed by atoms with van der Waals surface area (Å²) in [7, 11) is 0. The third kappa shape index (κ3) is 4.28. The Morgan fingerprint density at radius 1 is 1.04 bits per heavy atom. The molecular weight excluding hydrogens is 428 g/mol. The molecule has 1 heterocycles. The molecule has 2 aromatic carbocycles. The Morgan fingerprint density at radius 2 is 1.79 bits per heavy atom. The number of fused-ring (bicyclic) bond motifs is 1. The summed E-state index contributed by atoms with van der Waals surface area (Å²) in [5.74, 6) is -1.73. The maximum Gasteiger partial charge on any atom is 0.306 e. The molecule has 3 rings (SSSR count). The second kappa shape index (κ2) is 8.35. The van der Waals surface area contributed by atoms with E-state index in [1.54, 1.807) is 42.5 Å². The lowest BCUT2D eigenvalue weighted by molar-refractivity contribution is -0.145. The fourth-order valence-electron chi connectivity index (χ4n) is 2.90. The molecule has 0 saturated heterocycles. The first-order valence-corrected chi connectivity index (χ1v) is 9.36. The number of imide groups is 1. The van der Waals surface area contributed by atoms with Crippen molar-refractivity contribution < 1.29 is 23.9 Å². The standard InChI is InChI=1S/C20H17BrN2O5/c21-14-6-7-15-16(10-14)20(27)23(19(15)26)8-2-5-17(24)28-11-12-3-1-4-13(9-12)18(22)25/h1,3-4,6-7,9-10H,2,5,8,11H2,(H2,22,25). The van der Waals surface area contributed by atoms with Gasteiger partial charge >= 0.3 is 5.97 Å². The van der Waals surface area contributed by atoms with Gasteiger partial charge in [0.15, 0.2) is 0 Å². The van der Waals surface area contributed by atoms with Crippen molar-refractivity contribution in [1.82, 2.24) is 4.90 Å². The molecule has 0 fully saturated rings. The molecule has 144 valence electrons. The van der Waals surface area contributed by atoms with E-state index in [1.807, 2.05) is 0 Å². The number of ether oxygens (including phenoxy) is 1. The Kier molecular flexibility index (Phi) is 5.89. The first kappa shape index (κ1) is 19.8. The van der Waals surface area contributed by atoms with Gasteiger partial charge in [-0.15, -0.1) is 0 Å². The van der Waals surface area contributed by atoms with Crippen molar-refractivity contribution in [3.05, 3.63) is 69.2 Å². The Hall–Kier alpha value is -3.00. The van der Waals surface area contributed by atoms with E-state index in [0.29, 0.717) is 28.7 Å². The third-order valence-electron chi connectivity index (χ3n) is 4.31. The minimum Gasteiger partial charge on any atom is -0.461 e. The number of hydrogen-bond donors (Lipinski definition) is 1. The highest BCUT2D eigenvalue weighted by Gasteiger charge is 2.35. The molecular formula is C20H17BrN2O5. The molecule has 0 bridgehead atoms. The molecule has 7 nitrogen and oxygen atoms in total. The monoisotopic (exact) mass is 444 g/mol. The van der Waals surface area contributed by atoms with Crippen molar-refractivity contribution >= 4 is 39.6 Å². The van der Waals surface area contributed by atoms with Crippen LogP contribution in [0.5, 0.6) is 0 Å². The van der Waals surface area contributed by atoms with E-state index in [1.165, 1.54) is 0 Å². The van der Waals surface area contributed by atoms with Gasteiger partial charge in [0.1, 0.15) is 6.61 Å². The van der Waals surface area contributed by atoms with Crippen molar-refractivity contribution in [3.63, 3.8) is 0 Å². The average molecular weight is 445 g/mol. The zero-order valence-electron chi connectivity index (χ0n) is 14.8. The quantitative estimate of drug-likeness (QED) is 0.521. The van der Waals surface area contributed by atoms with E-state index in [2.05, 4.69) is 15.9 Å². The maximum atomic E-state index is 12.4. The van der Waals surface area contributed by atoms with E-state index in [4.69, 9.17) is 10.5 Å². The molecule has 2 N–H and O–H groups in total. The fraction of sp³-hybridized carbons (Fsp3) is 0.200. The molecule has 0 atom stereocenters. The Labute approximate surface area is 169 Å². The molecule has 0 aliphatic carbocycles. The van der Waals surface area contributed by atoms with Gasteiger partial charge in [-0.2, -0.15) is 0 Å². The molecule has 2 aromatic rings. The van der Waals surface area contributed by atoms with E-state index in [9.17, 15) is 19.2 Å². The van der Waals surface area contributed by atoms with Gasteiger partial charge in [0, 0.05) is 23.0 Å². The number of hydrogen-bond acceptors (Lipinski definition) is 5. The summed E-state index contributed by atoms with van der Waals surface area (Å²) in [5.41, 5.74) is 6.93. The van der Waals surface area contributed by atoms with Gasteiger partial charge in [-0.25, -0.2) is 0 Å². The van der Waals surface area contributed by atoms with Crippen molar-refractivity contribution in [2.75, 3.05) is 6.54 Å². The average Bonchev–Trinajstić information content (AvgIpc) is 2.91. The topological polar surface area (TPSA) is 107 Å². The zero-order chi connectivity index (χ0) is 20.3. The van der Waals surface area contributed by atoms with Crippen LogP contribution < -0.4 is 5.73 Å². The zero-order valence-corrected chi connectivity index (χ0v) is 16.4. The summed E-state index contributed by atoms with van der Waals surface area (Å²) in [6.45, 7) is 0.150. The lowest BCUT2D eigenvalue weighted by Crippen LogP contribution is -2.31. The van der Waals surface area contributed by atoms with Crippen LogP contribution in [0.1, 0.15) is 49.5 Å². The van der Waals surface area contributed by atoms with Gasteiger partial charge in [0.2, 0.25) is 5.91 Å². The number of benzene rings is 2. The van der Waals surface area contributed by atoms with Gasteiger partial charge in [-0.1, -0.05) is 28.1 Å². The van der Waals surface area contributed by atoms with E-state index < -0.39 is 11.9 Å². The van der Waals surface area contributed by atoms with Crippen LogP contribution in [0.3, 0.4) is 0 Å². The maximum absolute atomic E-state index is 12.4. The van der Waals surface area contributed by atoms with Crippen molar-refractivity contribution in [2.45, 2.75) is 19.4 Å². The number of esters is 1. The molecule has 0 unspecified atom stereocenters. The largest absolute Gasteiger partial charge is 0.461 e. The third-order valence-corrected chi connectivity index (χ3v) is 4.80. The molecule has 0 aromatic heterocycles. The van der Waals surface area contributed by atoms with Crippen LogP contribution in [-0.2, 0) is 16.1 Å². The number of amides is 3. The first-order valence-electron chi connectivity index (χ1n) is 8.57. The van der Waals surface area contributed by atoms with Crippen LogP contribution in [-0.4, -0.2) is 35.1 Å². The van der Waals surface area contributed by atoms with Crippen LogP contribution in [0.15, 0.2) is 46.9 Å². The first-order chi connectivity index (χ1) is 13.4.